The molecule has 150 valence electrons. The number of alkyl halides is 3. The summed E-state index contributed by atoms with van der Waals surface area (Å²) in [6, 6.07) is 15.7. The fraction of sp³-hybridized carbons (Fsp3) is 0.136. The van der Waals surface area contributed by atoms with Crippen molar-refractivity contribution in [3.05, 3.63) is 93.2 Å². The molecule has 30 heavy (non-hydrogen) atoms. The lowest BCUT2D eigenvalue weighted by Gasteiger charge is -2.33. The van der Waals surface area contributed by atoms with E-state index in [1.807, 2.05) is 28.8 Å². The lowest BCUT2D eigenvalue weighted by Crippen LogP contribution is -2.32. The molecule has 2 aromatic carbocycles. The summed E-state index contributed by atoms with van der Waals surface area (Å²) in [5.74, 6) is -2.83. The Morgan fingerprint density at radius 2 is 1.70 bits per heavy atom. The predicted molar refractivity (Wildman–Crippen MR) is 103 cm³/mol. The van der Waals surface area contributed by atoms with Gasteiger partial charge in [0.25, 0.3) is 11.5 Å². The lowest BCUT2D eigenvalue weighted by molar-refractivity contribution is -0.384. The molecule has 2 aliphatic heterocycles. The Labute approximate surface area is 168 Å². The maximum atomic E-state index is 13.4. The van der Waals surface area contributed by atoms with E-state index in [4.69, 9.17) is 0 Å². The molecule has 3 aromatic rings. The van der Waals surface area contributed by atoms with Crippen molar-refractivity contribution in [3.63, 3.8) is 0 Å². The minimum atomic E-state index is -5.03. The zero-order chi connectivity index (χ0) is 21.2. The molecule has 0 unspecified atom stereocenters. The van der Waals surface area contributed by atoms with Crippen molar-refractivity contribution >= 4 is 17.5 Å². The van der Waals surface area contributed by atoms with Gasteiger partial charge in [0.05, 0.1) is 11.0 Å². The number of non-ortho nitro benzene ring substituents is 1. The first kappa shape index (κ1) is 18.4. The van der Waals surface area contributed by atoms with E-state index in [1.165, 1.54) is 30.3 Å². The maximum absolute atomic E-state index is 13.4. The minimum absolute atomic E-state index is 0.170. The van der Waals surface area contributed by atoms with Gasteiger partial charge >= 0.3 is 6.18 Å². The number of halogens is 3. The summed E-state index contributed by atoms with van der Waals surface area (Å²) in [4.78, 5) is 22.8. The number of ketones is 1. The topological polar surface area (TPSA) is 65.1 Å². The molecule has 5 rings (SSSR count). The molecule has 0 amide bonds. The van der Waals surface area contributed by atoms with Gasteiger partial charge in [0.2, 0.25) is 0 Å². The zero-order valence-corrected chi connectivity index (χ0v) is 15.3. The molecule has 0 radical (unpaired) electrons. The van der Waals surface area contributed by atoms with E-state index in [2.05, 4.69) is 0 Å². The minimum Gasteiger partial charge on any atom is -0.332 e. The van der Waals surface area contributed by atoms with Crippen LogP contribution in [0.2, 0.25) is 0 Å². The van der Waals surface area contributed by atoms with Gasteiger partial charge in [0.1, 0.15) is 0 Å². The molecule has 1 aromatic heterocycles. The van der Waals surface area contributed by atoms with Crippen LogP contribution in [0.3, 0.4) is 0 Å². The fourth-order valence-corrected chi connectivity index (χ4v) is 4.52. The van der Waals surface area contributed by atoms with Crippen LogP contribution in [0.25, 0.3) is 17.3 Å². The molecule has 2 atom stereocenters. The number of rotatable bonds is 3. The van der Waals surface area contributed by atoms with Gasteiger partial charge in [-0.2, -0.15) is 13.2 Å². The largest absolute Gasteiger partial charge is 0.454 e. The molecule has 0 fully saturated rings. The number of aromatic nitrogens is 1. The van der Waals surface area contributed by atoms with Crippen molar-refractivity contribution in [1.82, 2.24) is 4.57 Å². The molecular weight excluding hydrogens is 397 g/mol. The van der Waals surface area contributed by atoms with Gasteiger partial charge in [0, 0.05) is 40.6 Å². The summed E-state index contributed by atoms with van der Waals surface area (Å²) in [6.07, 6.45) is -3.74. The van der Waals surface area contributed by atoms with Gasteiger partial charge in [-0.15, -0.1) is 0 Å². The number of hydrogen-bond donors (Lipinski definition) is 0. The van der Waals surface area contributed by atoms with Gasteiger partial charge in [-0.05, 0) is 29.3 Å². The van der Waals surface area contributed by atoms with Gasteiger partial charge in [-0.3, -0.25) is 14.9 Å². The van der Waals surface area contributed by atoms with Crippen LogP contribution in [0.5, 0.6) is 0 Å². The van der Waals surface area contributed by atoms with Crippen molar-refractivity contribution in [3.8, 4) is 11.3 Å². The summed E-state index contributed by atoms with van der Waals surface area (Å²) < 4.78 is 42.3. The fourth-order valence-electron chi connectivity index (χ4n) is 4.52. The van der Waals surface area contributed by atoms with E-state index in [-0.39, 0.29) is 11.3 Å². The summed E-state index contributed by atoms with van der Waals surface area (Å²) in [5, 5.41) is 11.0. The van der Waals surface area contributed by atoms with E-state index >= 15 is 0 Å². The number of hydrogen-bond acceptors (Lipinski definition) is 3. The number of fused-ring (bicyclic) bond motifs is 3. The Bertz CT molecular complexity index is 1240. The smallest absolute Gasteiger partial charge is 0.332 e. The molecule has 2 aliphatic rings. The third-order valence-corrected chi connectivity index (χ3v) is 5.72. The van der Waals surface area contributed by atoms with Crippen LogP contribution in [0, 0.1) is 10.1 Å². The molecule has 0 saturated carbocycles. The second-order valence-electron chi connectivity index (χ2n) is 7.30. The highest BCUT2D eigenvalue weighted by molar-refractivity contribution is 6.05. The van der Waals surface area contributed by atoms with Gasteiger partial charge in [-0.25, -0.2) is 0 Å². The highest BCUT2D eigenvalue weighted by Crippen LogP contribution is 2.54. The molecule has 0 N–H and O–H groups in total. The lowest BCUT2D eigenvalue weighted by atomic mass is 9.77. The van der Waals surface area contributed by atoms with Crippen molar-refractivity contribution < 1.29 is 22.9 Å². The molecule has 0 saturated heterocycles. The summed E-state index contributed by atoms with van der Waals surface area (Å²) in [7, 11) is 0. The zero-order valence-electron chi connectivity index (χ0n) is 15.3. The quantitative estimate of drug-likeness (QED) is 0.436. The van der Waals surface area contributed by atoms with Gasteiger partial charge in [-0.1, -0.05) is 36.4 Å². The van der Waals surface area contributed by atoms with Crippen molar-refractivity contribution in [1.29, 1.82) is 0 Å². The first-order valence-electron chi connectivity index (χ1n) is 9.15. The van der Waals surface area contributed by atoms with Crippen molar-refractivity contribution in [2.45, 2.75) is 18.1 Å². The number of allylic oxidation sites excluding steroid dienone is 1. The average molecular weight is 410 g/mol. The highest BCUT2D eigenvalue weighted by Gasteiger charge is 2.49. The molecular formula is C22H13F3N2O3. The van der Waals surface area contributed by atoms with Crippen LogP contribution in [0.15, 0.2) is 66.2 Å². The van der Waals surface area contributed by atoms with Crippen LogP contribution in [-0.4, -0.2) is 21.4 Å². The maximum Gasteiger partial charge on any atom is 0.454 e. The van der Waals surface area contributed by atoms with E-state index in [0.29, 0.717) is 11.3 Å². The Balaban J connectivity index is 1.75. The monoisotopic (exact) mass is 410 g/mol. The second kappa shape index (κ2) is 6.16. The standard InChI is InChI=1S/C22H13F3N2O3/c23-22(24,25)21(28)17-11-14-9-10-18-15-3-1-2-4-16(15)20(26(14)18)19(17)12-5-7-13(8-6-12)27(29)30/h1-11,19-20H/t19-,20+/m0/s1. The van der Waals surface area contributed by atoms with Crippen LogP contribution in [-0.2, 0) is 4.79 Å². The Hall–Kier alpha value is -3.68. The van der Waals surface area contributed by atoms with Crippen molar-refractivity contribution in [2.75, 3.05) is 0 Å². The van der Waals surface area contributed by atoms with Crippen LogP contribution < -0.4 is 0 Å². The van der Waals surface area contributed by atoms with E-state index in [0.717, 1.165) is 16.8 Å². The number of nitro benzene ring substituents is 1. The van der Waals surface area contributed by atoms with E-state index in [1.54, 1.807) is 12.1 Å². The third kappa shape index (κ3) is 2.53. The molecule has 0 spiro atoms. The number of carbonyl (C=O) groups excluding carboxylic acids is 1. The first-order chi connectivity index (χ1) is 14.3. The Morgan fingerprint density at radius 3 is 2.37 bits per heavy atom. The van der Waals surface area contributed by atoms with E-state index in [9.17, 15) is 28.1 Å². The number of Topliss-reactive ketones (excluding diaryl/α,β-unsaturated/α-hetero) is 1. The molecule has 0 bridgehead atoms. The molecule has 0 aliphatic carbocycles. The molecule has 8 heteroatoms. The number of nitro groups is 1. The van der Waals surface area contributed by atoms with Crippen molar-refractivity contribution in [2.24, 2.45) is 0 Å². The first-order valence-corrected chi connectivity index (χ1v) is 9.15. The predicted octanol–water partition coefficient (Wildman–Crippen LogP) is 5.28. The van der Waals surface area contributed by atoms with Gasteiger partial charge in [0.15, 0.2) is 0 Å². The van der Waals surface area contributed by atoms with Crippen LogP contribution in [0.4, 0.5) is 18.9 Å². The molecule has 3 heterocycles. The Kier molecular flexibility index (Phi) is 3.77. The highest BCUT2D eigenvalue weighted by atomic mass is 19.4. The summed E-state index contributed by atoms with van der Waals surface area (Å²) in [6.45, 7) is 0. The second-order valence-corrected chi connectivity index (χ2v) is 7.30. The molecule has 5 nitrogen and oxygen atoms in total. The summed E-state index contributed by atoms with van der Waals surface area (Å²) in [5.41, 5.74) is 2.99. The summed E-state index contributed by atoms with van der Waals surface area (Å²) >= 11 is 0. The number of benzene rings is 2. The number of carbonyl (C=O) groups is 1. The van der Waals surface area contributed by atoms with E-state index < -0.39 is 28.8 Å². The SMILES string of the molecule is O=C(C1=Cc2ccc3n2[C@H](c2ccccc2-3)[C@H]1c1ccc([N+](=O)[O-])cc1)C(F)(F)F. The average Bonchev–Trinajstić information content (AvgIpc) is 3.29. The van der Waals surface area contributed by atoms with Crippen LogP contribution >= 0.6 is 0 Å². The third-order valence-electron chi connectivity index (χ3n) is 5.72. The van der Waals surface area contributed by atoms with Crippen LogP contribution in [0.1, 0.15) is 28.8 Å². The normalized spacial score (nSPS) is 19.1. The van der Waals surface area contributed by atoms with Gasteiger partial charge < -0.3 is 4.57 Å². The number of nitrogens with zero attached hydrogens (tertiary/aromatic N) is 2. The Morgan fingerprint density at radius 1 is 1.00 bits per heavy atom.